The molecular formula is C35H43ClFN3O3. The first-order valence-corrected chi connectivity index (χ1v) is 15.8. The first-order valence-electron chi connectivity index (χ1n) is 15.5. The second kappa shape index (κ2) is 17.0. The van der Waals surface area contributed by atoms with Gasteiger partial charge in [-0.3, -0.25) is 10.1 Å². The van der Waals surface area contributed by atoms with Crippen LogP contribution in [0.3, 0.4) is 0 Å². The van der Waals surface area contributed by atoms with Gasteiger partial charge in [-0.1, -0.05) is 92.2 Å². The molecule has 1 aliphatic heterocycles. The van der Waals surface area contributed by atoms with Crippen LogP contribution in [0.5, 0.6) is 0 Å². The number of piperidine rings is 1. The predicted octanol–water partition coefficient (Wildman–Crippen LogP) is 8.66. The van der Waals surface area contributed by atoms with E-state index in [0.717, 1.165) is 68.6 Å². The molecule has 43 heavy (non-hydrogen) atoms. The normalized spacial score (nSPS) is 13.9. The lowest BCUT2D eigenvalue weighted by molar-refractivity contribution is 0.0584. The highest BCUT2D eigenvalue weighted by molar-refractivity contribution is 6.33. The van der Waals surface area contributed by atoms with E-state index >= 15 is 0 Å². The van der Waals surface area contributed by atoms with Crippen LogP contribution in [0.1, 0.15) is 68.1 Å². The van der Waals surface area contributed by atoms with E-state index in [9.17, 15) is 14.0 Å². The van der Waals surface area contributed by atoms with E-state index in [1.54, 1.807) is 11.9 Å². The van der Waals surface area contributed by atoms with Gasteiger partial charge in [0.25, 0.3) is 5.91 Å². The maximum Gasteiger partial charge on any atom is 0.411 e. The van der Waals surface area contributed by atoms with Crippen LogP contribution in [0.2, 0.25) is 5.02 Å². The van der Waals surface area contributed by atoms with Gasteiger partial charge in [-0.2, -0.15) is 0 Å². The highest BCUT2D eigenvalue weighted by Crippen LogP contribution is 2.28. The molecule has 8 heteroatoms. The number of unbranched alkanes of at least 4 members (excludes halogenated alkanes) is 6. The molecule has 0 radical (unpaired) electrons. The molecule has 1 heterocycles. The highest BCUT2D eigenvalue weighted by Gasteiger charge is 2.22. The largest absolute Gasteiger partial charge is 0.446 e. The summed E-state index contributed by atoms with van der Waals surface area (Å²) in [5.74, 6) is -0.700. The number of para-hydroxylation sites is 1. The molecule has 3 aromatic carbocycles. The third-order valence-electron chi connectivity index (χ3n) is 8.03. The number of benzene rings is 3. The number of likely N-dealkylation sites (tertiary alicyclic amines) is 1. The van der Waals surface area contributed by atoms with E-state index in [4.69, 9.17) is 16.3 Å². The summed E-state index contributed by atoms with van der Waals surface area (Å²) in [6.45, 7) is 3.62. The molecule has 1 saturated heterocycles. The smallest absolute Gasteiger partial charge is 0.411 e. The Kier molecular flexibility index (Phi) is 12.9. The van der Waals surface area contributed by atoms with E-state index in [2.05, 4.69) is 10.2 Å². The van der Waals surface area contributed by atoms with Crippen LogP contribution in [0.15, 0.2) is 72.8 Å². The maximum atomic E-state index is 13.5. The minimum atomic E-state index is -0.457. The number of amides is 2. The van der Waals surface area contributed by atoms with Gasteiger partial charge in [0.1, 0.15) is 11.9 Å². The molecule has 0 unspecified atom stereocenters. The number of carbonyl (C=O) groups excluding carboxylic acids is 2. The van der Waals surface area contributed by atoms with Crippen LogP contribution in [0.4, 0.5) is 14.9 Å². The van der Waals surface area contributed by atoms with Crippen molar-refractivity contribution in [1.29, 1.82) is 0 Å². The number of carbonyl (C=O) groups is 2. The molecule has 0 aromatic heterocycles. The Hall–Kier alpha value is -3.42. The van der Waals surface area contributed by atoms with Crippen molar-refractivity contribution in [1.82, 2.24) is 9.80 Å². The summed E-state index contributed by atoms with van der Waals surface area (Å²) in [7, 11) is 1.74. The van der Waals surface area contributed by atoms with Crippen LogP contribution in [-0.2, 0) is 4.74 Å². The van der Waals surface area contributed by atoms with Crippen molar-refractivity contribution >= 4 is 29.3 Å². The molecule has 2 amide bonds. The Morgan fingerprint density at radius 1 is 0.907 bits per heavy atom. The quantitative estimate of drug-likeness (QED) is 0.186. The van der Waals surface area contributed by atoms with Gasteiger partial charge in [0, 0.05) is 32.2 Å². The Morgan fingerprint density at radius 3 is 2.30 bits per heavy atom. The van der Waals surface area contributed by atoms with Gasteiger partial charge in [-0.05, 0) is 62.1 Å². The molecule has 0 bridgehead atoms. The minimum absolute atomic E-state index is 0.0553. The lowest BCUT2D eigenvalue weighted by atomic mass is 10.0. The van der Waals surface area contributed by atoms with Crippen LogP contribution in [0.25, 0.3) is 11.1 Å². The van der Waals surface area contributed by atoms with Gasteiger partial charge < -0.3 is 14.5 Å². The van der Waals surface area contributed by atoms with E-state index < -0.39 is 11.9 Å². The van der Waals surface area contributed by atoms with Crippen molar-refractivity contribution in [3.05, 3.63) is 89.2 Å². The molecule has 0 atom stereocenters. The molecule has 4 rings (SSSR count). The monoisotopic (exact) mass is 607 g/mol. The van der Waals surface area contributed by atoms with Crippen LogP contribution in [-0.4, -0.2) is 61.1 Å². The second-order valence-corrected chi connectivity index (χ2v) is 11.7. The van der Waals surface area contributed by atoms with Crippen LogP contribution < -0.4 is 5.32 Å². The highest BCUT2D eigenvalue weighted by atomic mass is 35.5. The fourth-order valence-corrected chi connectivity index (χ4v) is 5.74. The van der Waals surface area contributed by atoms with Crippen molar-refractivity contribution in [3.63, 3.8) is 0 Å². The molecule has 1 aliphatic rings. The average molecular weight is 608 g/mol. The van der Waals surface area contributed by atoms with Gasteiger partial charge >= 0.3 is 6.09 Å². The number of hydrogen-bond acceptors (Lipinski definition) is 4. The molecule has 3 aromatic rings. The first kappa shape index (κ1) is 32.5. The van der Waals surface area contributed by atoms with E-state index in [0.29, 0.717) is 6.54 Å². The molecule has 6 nitrogen and oxygen atoms in total. The molecule has 230 valence electrons. The lowest BCUT2D eigenvalue weighted by Crippen LogP contribution is -2.38. The molecule has 1 fully saturated rings. The standard InChI is InChI=1S/C35H43ClFN3O3/c1-39(34(41)31-26-28(37)18-19-32(31)36)22-12-5-3-2-4-6-13-23-40-24-20-29(21-25-40)43-35(42)38-33-17-11-10-16-30(33)27-14-8-7-9-15-27/h7-11,14-19,26,29H,2-6,12-13,20-25H2,1H3,(H,38,42). The summed E-state index contributed by atoms with van der Waals surface area (Å²) in [5, 5.41) is 3.22. The Bertz CT molecular complexity index is 1310. The summed E-state index contributed by atoms with van der Waals surface area (Å²) in [6, 6.07) is 21.7. The molecule has 1 N–H and O–H groups in total. The number of hydrogen-bond donors (Lipinski definition) is 1. The number of anilines is 1. The summed E-state index contributed by atoms with van der Waals surface area (Å²) in [6.07, 6.45) is 9.16. The Balaban J connectivity index is 1.02. The Labute approximate surface area is 260 Å². The number of ether oxygens (including phenoxy) is 1. The maximum absolute atomic E-state index is 13.5. The SMILES string of the molecule is CN(CCCCCCCCCN1CCC(OC(=O)Nc2ccccc2-c2ccccc2)CC1)C(=O)c1cc(F)ccc1Cl. The molecule has 0 saturated carbocycles. The van der Waals surface area contributed by atoms with Gasteiger partial charge in [0.05, 0.1) is 16.3 Å². The zero-order chi connectivity index (χ0) is 30.4. The van der Waals surface area contributed by atoms with Gasteiger partial charge in [-0.25, -0.2) is 9.18 Å². The van der Waals surface area contributed by atoms with Crippen molar-refractivity contribution in [2.24, 2.45) is 0 Å². The van der Waals surface area contributed by atoms with Gasteiger partial charge in [-0.15, -0.1) is 0 Å². The average Bonchev–Trinajstić information content (AvgIpc) is 3.02. The third kappa shape index (κ3) is 10.4. The zero-order valence-corrected chi connectivity index (χ0v) is 25.8. The third-order valence-corrected chi connectivity index (χ3v) is 8.36. The van der Waals surface area contributed by atoms with Crippen LogP contribution in [0, 0.1) is 5.82 Å². The topological polar surface area (TPSA) is 61.9 Å². The summed E-state index contributed by atoms with van der Waals surface area (Å²) in [5.41, 5.74) is 3.00. The number of nitrogens with zero attached hydrogens (tertiary/aromatic N) is 2. The lowest BCUT2D eigenvalue weighted by Gasteiger charge is -2.31. The predicted molar refractivity (Wildman–Crippen MR) is 172 cm³/mol. The summed E-state index contributed by atoms with van der Waals surface area (Å²) in [4.78, 5) is 29.3. The number of nitrogens with one attached hydrogen (secondary N) is 1. The van der Waals surface area contributed by atoms with Crippen molar-refractivity contribution in [2.45, 2.75) is 63.9 Å². The fraction of sp³-hybridized carbons (Fsp3) is 0.429. The summed E-state index contributed by atoms with van der Waals surface area (Å²) < 4.78 is 19.2. The van der Waals surface area contributed by atoms with E-state index in [-0.39, 0.29) is 22.6 Å². The number of halogens is 2. The van der Waals surface area contributed by atoms with E-state index in [1.807, 2.05) is 54.6 Å². The first-order chi connectivity index (χ1) is 20.9. The minimum Gasteiger partial charge on any atom is -0.446 e. The molecule has 0 aliphatic carbocycles. The molecular weight excluding hydrogens is 565 g/mol. The number of rotatable bonds is 14. The van der Waals surface area contributed by atoms with Gasteiger partial charge in [0.2, 0.25) is 0 Å². The molecule has 0 spiro atoms. The van der Waals surface area contributed by atoms with E-state index in [1.165, 1.54) is 43.9 Å². The zero-order valence-electron chi connectivity index (χ0n) is 25.1. The second-order valence-electron chi connectivity index (χ2n) is 11.3. The van der Waals surface area contributed by atoms with Crippen molar-refractivity contribution in [3.8, 4) is 11.1 Å². The Morgan fingerprint density at radius 2 is 1.56 bits per heavy atom. The van der Waals surface area contributed by atoms with Crippen molar-refractivity contribution in [2.75, 3.05) is 38.5 Å². The summed E-state index contributed by atoms with van der Waals surface area (Å²) >= 11 is 6.06. The van der Waals surface area contributed by atoms with Gasteiger partial charge in [0.15, 0.2) is 0 Å². The van der Waals surface area contributed by atoms with Crippen molar-refractivity contribution < 1.29 is 18.7 Å². The fourth-order valence-electron chi connectivity index (χ4n) is 5.54. The van der Waals surface area contributed by atoms with Crippen LogP contribution >= 0.6 is 11.6 Å².